The number of rotatable bonds is 2. The molecule has 1 fully saturated rings. The van der Waals surface area contributed by atoms with E-state index in [1.54, 1.807) is 0 Å². The quantitative estimate of drug-likeness (QED) is 0.680. The van der Waals surface area contributed by atoms with Gasteiger partial charge in [0.05, 0.1) is 0 Å². The van der Waals surface area contributed by atoms with Crippen LogP contribution in [0.4, 0.5) is 4.39 Å². The van der Waals surface area contributed by atoms with Crippen molar-refractivity contribution in [2.45, 2.75) is 65.6 Å². The molecule has 90 valence electrons. The molecule has 0 spiro atoms. The Kier molecular flexibility index (Phi) is 3.80. The van der Waals surface area contributed by atoms with Crippen LogP contribution >= 0.6 is 0 Å². The number of piperidine rings is 1. The summed E-state index contributed by atoms with van der Waals surface area (Å²) in [5.74, 6) is 0. The van der Waals surface area contributed by atoms with Crippen LogP contribution in [-0.4, -0.2) is 29.7 Å². The molecule has 0 radical (unpaired) electrons. The van der Waals surface area contributed by atoms with E-state index in [4.69, 9.17) is 0 Å². The van der Waals surface area contributed by atoms with Crippen molar-refractivity contribution in [2.24, 2.45) is 5.41 Å². The number of alkyl halides is 1. The van der Waals surface area contributed by atoms with Gasteiger partial charge in [0, 0.05) is 19.1 Å². The number of halogens is 1. The molecule has 0 atom stereocenters. The first kappa shape index (κ1) is 13.0. The summed E-state index contributed by atoms with van der Waals surface area (Å²) in [5.41, 5.74) is -0.807. The lowest BCUT2D eigenvalue weighted by atomic mass is 9.78. The lowest BCUT2D eigenvalue weighted by molar-refractivity contribution is 0.0149. The van der Waals surface area contributed by atoms with Crippen LogP contribution in [0.3, 0.4) is 0 Å². The number of hydrogen-bond acceptors (Lipinski definition) is 1. The van der Waals surface area contributed by atoms with Crippen molar-refractivity contribution in [3.8, 4) is 0 Å². The lowest BCUT2D eigenvalue weighted by Crippen LogP contribution is -2.46. The minimum Gasteiger partial charge on any atom is -0.301 e. The van der Waals surface area contributed by atoms with Gasteiger partial charge in [-0.15, -0.1) is 0 Å². The van der Waals surface area contributed by atoms with E-state index in [0.717, 1.165) is 13.1 Å². The Morgan fingerprint density at radius 2 is 1.67 bits per heavy atom. The van der Waals surface area contributed by atoms with E-state index >= 15 is 0 Å². The van der Waals surface area contributed by atoms with E-state index in [2.05, 4.69) is 39.5 Å². The highest BCUT2D eigenvalue weighted by molar-refractivity contribution is 4.90. The molecule has 0 aliphatic carbocycles. The minimum atomic E-state index is -0.913. The zero-order valence-corrected chi connectivity index (χ0v) is 10.9. The lowest BCUT2D eigenvalue weighted by Gasteiger charge is -2.41. The molecule has 0 N–H and O–H groups in total. The molecule has 1 rings (SSSR count). The predicted molar refractivity (Wildman–Crippen MR) is 63.9 cm³/mol. The Morgan fingerprint density at radius 1 is 1.20 bits per heavy atom. The SMILES string of the molecule is CC(C)N1CCC(F)(CC(C)(C)C)CC1. The molecular weight excluding hydrogens is 189 g/mol. The second kappa shape index (κ2) is 4.40. The summed E-state index contributed by atoms with van der Waals surface area (Å²) >= 11 is 0. The Bertz CT molecular complexity index is 197. The third-order valence-electron chi connectivity index (χ3n) is 3.27. The molecule has 1 aliphatic rings. The average Bonchev–Trinajstić information content (AvgIpc) is 2.00. The van der Waals surface area contributed by atoms with Crippen LogP contribution in [0.15, 0.2) is 0 Å². The first-order valence-electron chi connectivity index (χ1n) is 6.15. The molecule has 0 saturated carbocycles. The van der Waals surface area contributed by atoms with E-state index in [9.17, 15) is 4.39 Å². The summed E-state index contributed by atoms with van der Waals surface area (Å²) in [7, 11) is 0. The monoisotopic (exact) mass is 215 g/mol. The molecule has 1 heterocycles. The molecule has 1 nitrogen and oxygen atoms in total. The topological polar surface area (TPSA) is 3.24 Å². The Balaban J connectivity index is 2.48. The van der Waals surface area contributed by atoms with Gasteiger partial charge in [-0.2, -0.15) is 0 Å². The van der Waals surface area contributed by atoms with Crippen LogP contribution in [0, 0.1) is 5.41 Å². The number of nitrogens with zero attached hydrogens (tertiary/aromatic N) is 1. The Hall–Kier alpha value is -0.110. The van der Waals surface area contributed by atoms with Crippen LogP contribution < -0.4 is 0 Å². The normalized spacial score (nSPS) is 23.4. The highest BCUT2D eigenvalue weighted by atomic mass is 19.1. The van der Waals surface area contributed by atoms with E-state index in [1.165, 1.54) is 0 Å². The van der Waals surface area contributed by atoms with Crippen LogP contribution in [-0.2, 0) is 0 Å². The van der Waals surface area contributed by atoms with E-state index in [0.29, 0.717) is 25.3 Å². The molecule has 0 aromatic carbocycles. The van der Waals surface area contributed by atoms with Crippen LogP contribution in [0.2, 0.25) is 0 Å². The Morgan fingerprint density at radius 3 is 2.00 bits per heavy atom. The zero-order valence-electron chi connectivity index (χ0n) is 10.9. The zero-order chi connectivity index (χ0) is 11.7. The van der Waals surface area contributed by atoms with E-state index < -0.39 is 5.67 Å². The maximum atomic E-state index is 14.5. The molecule has 0 bridgehead atoms. The molecule has 1 saturated heterocycles. The number of likely N-dealkylation sites (tertiary alicyclic amines) is 1. The third kappa shape index (κ3) is 4.10. The van der Waals surface area contributed by atoms with Crippen molar-refractivity contribution < 1.29 is 4.39 Å². The van der Waals surface area contributed by atoms with Crippen molar-refractivity contribution in [3.63, 3.8) is 0 Å². The molecule has 0 aromatic rings. The maximum Gasteiger partial charge on any atom is 0.114 e. The molecule has 2 heteroatoms. The Labute approximate surface area is 94.0 Å². The first-order chi connectivity index (χ1) is 6.72. The van der Waals surface area contributed by atoms with Gasteiger partial charge in [-0.3, -0.25) is 0 Å². The smallest absolute Gasteiger partial charge is 0.114 e. The molecule has 0 aromatic heterocycles. The molecular formula is C13H26FN. The van der Waals surface area contributed by atoms with Crippen LogP contribution in [0.1, 0.15) is 53.9 Å². The van der Waals surface area contributed by atoms with E-state index in [1.807, 2.05) is 0 Å². The molecule has 0 unspecified atom stereocenters. The van der Waals surface area contributed by atoms with Crippen molar-refractivity contribution in [1.29, 1.82) is 0 Å². The van der Waals surface area contributed by atoms with Gasteiger partial charge in [-0.05, 0) is 38.5 Å². The van der Waals surface area contributed by atoms with Crippen LogP contribution in [0.25, 0.3) is 0 Å². The van der Waals surface area contributed by atoms with Gasteiger partial charge >= 0.3 is 0 Å². The highest BCUT2D eigenvalue weighted by Gasteiger charge is 2.38. The van der Waals surface area contributed by atoms with Gasteiger partial charge < -0.3 is 4.90 Å². The summed E-state index contributed by atoms with van der Waals surface area (Å²) in [5, 5.41) is 0. The summed E-state index contributed by atoms with van der Waals surface area (Å²) in [6.07, 6.45) is 2.12. The summed E-state index contributed by atoms with van der Waals surface area (Å²) < 4.78 is 14.5. The van der Waals surface area contributed by atoms with Crippen molar-refractivity contribution in [3.05, 3.63) is 0 Å². The second-order valence-corrected chi connectivity index (χ2v) is 6.52. The fourth-order valence-corrected chi connectivity index (χ4v) is 2.57. The third-order valence-corrected chi connectivity index (χ3v) is 3.27. The van der Waals surface area contributed by atoms with Gasteiger partial charge in [-0.1, -0.05) is 20.8 Å². The maximum absolute atomic E-state index is 14.5. The fraction of sp³-hybridized carbons (Fsp3) is 1.00. The van der Waals surface area contributed by atoms with Crippen LogP contribution in [0.5, 0.6) is 0 Å². The number of hydrogen-bond donors (Lipinski definition) is 0. The van der Waals surface area contributed by atoms with E-state index in [-0.39, 0.29) is 5.41 Å². The fourth-order valence-electron chi connectivity index (χ4n) is 2.57. The average molecular weight is 215 g/mol. The molecule has 1 aliphatic heterocycles. The second-order valence-electron chi connectivity index (χ2n) is 6.52. The van der Waals surface area contributed by atoms with Gasteiger partial charge in [0.1, 0.15) is 5.67 Å². The standard InChI is InChI=1S/C13H26FN/c1-11(2)15-8-6-13(14,7-9-15)10-12(3,4)5/h11H,6-10H2,1-5H3. The first-order valence-corrected chi connectivity index (χ1v) is 6.15. The van der Waals surface area contributed by atoms with Gasteiger partial charge in [0.2, 0.25) is 0 Å². The van der Waals surface area contributed by atoms with Crippen molar-refractivity contribution >= 4 is 0 Å². The predicted octanol–water partition coefficient (Wildman–Crippen LogP) is 3.64. The summed E-state index contributed by atoms with van der Waals surface area (Å²) in [6.45, 7) is 12.6. The summed E-state index contributed by atoms with van der Waals surface area (Å²) in [4.78, 5) is 2.38. The van der Waals surface area contributed by atoms with Gasteiger partial charge in [0.15, 0.2) is 0 Å². The highest BCUT2D eigenvalue weighted by Crippen LogP contribution is 2.37. The summed E-state index contributed by atoms with van der Waals surface area (Å²) in [6, 6.07) is 0.559. The van der Waals surface area contributed by atoms with Crippen molar-refractivity contribution in [1.82, 2.24) is 4.90 Å². The van der Waals surface area contributed by atoms with Gasteiger partial charge in [-0.25, -0.2) is 4.39 Å². The largest absolute Gasteiger partial charge is 0.301 e. The minimum absolute atomic E-state index is 0.106. The van der Waals surface area contributed by atoms with Gasteiger partial charge in [0.25, 0.3) is 0 Å². The van der Waals surface area contributed by atoms with Crippen molar-refractivity contribution in [2.75, 3.05) is 13.1 Å². The molecule has 15 heavy (non-hydrogen) atoms. The molecule has 0 amide bonds.